The average molecular weight is 356 g/mol. The van der Waals surface area contributed by atoms with E-state index in [2.05, 4.69) is 10.2 Å². The molecule has 1 N–H and O–H groups in total. The molecule has 4 heterocycles. The van der Waals surface area contributed by atoms with Gasteiger partial charge in [-0.3, -0.25) is 4.79 Å². The van der Waals surface area contributed by atoms with Crippen molar-refractivity contribution in [3.8, 4) is 17.6 Å². The molecule has 0 saturated carbocycles. The van der Waals surface area contributed by atoms with Gasteiger partial charge in [-0.2, -0.15) is 0 Å². The predicted molar refractivity (Wildman–Crippen MR) is 96.8 cm³/mol. The highest BCUT2D eigenvalue weighted by molar-refractivity contribution is 5.94. The largest absolute Gasteiger partial charge is 0.468 e. The minimum Gasteiger partial charge on any atom is -0.468 e. The number of rotatable bonds is 5. The Balaban J connectivity index is 1.36. The predicted octanol–water partition coefficient (Wildman–Crippen LogP) is 3.29. The maximum atomic E-state index is 12.6. The molecule has 1 unspecified atom stereocenters. The van der Waals surface area contributed by atoms with E-state index >= 15 is 0 Å². The lowest BCUT2D eigenvalue weighted by Crippen LogP contribution is -2.41. The molecule has 1 amide bonds. The molecular formula is C20H24N2O4. The van der Waals surface area contributed by atoms with Crippen LogP contribution >= 0.6 is 0 Å². The molecule has 0 aliphatic carbocycles. The Labute approximate surface area is 153 Å². The van der Waals surface area contributed by atoms with E-state index in [-0.39, 0.29) is 11.9 Å². The molecule has 3 fully saturated rings. The lowest BCUT2D eigenvalue weighted by Gasteiger charge is -2.26. The summed E-state index contributed by atoms with van der Waals surface area (Å²) in [7, 11) is 1.53. The van der Waals surface area contributed by atoms with Crippen molar-refractivity contribution >= 4 is 5.91 Å². The molecule has 3 aliphatic rings. The molecule has 0 spiro atoms. The Morgan fingerprint density at radius 2 is 1.85 bits per heavy atom. The molecule has 26 heavy (non-hydrogen) atoms. The zero-order valence-corrected chi connectivity index (χ0v) is 14.9. The molecule has 2 bridgehead atoms. The van der Waals surface area contributed by atoms with Gasteiger partial charge in [0.15, 0.2) is 0 Å². The second kappa shape index (κ2) is 7.41. The van der Waals surface area contributed by atoms with Crippen LogP contribution in [0.15, 0.2) is 40.8 Å². The zero-order chi connectivity index (χ0) is 17.9. The van der Waals surface area contributed by atoms with Gasteiger partial charge in [0, 0.05) is 30.3 Å². The van der Waals surface area contributed by atoms with Crippen LogP contribution in [0.4, 0.5) is 0 Å². The van der Waals surface area contributed by atoms with Crippen molar-refractivity contribution < 1.29 is 18.7 Å². The van der Waals surface area contributed by atoms with Gasteiger partial charge in [-0.25, -0.2) is 0 Å². The van der Waals surface area contributed by atoms with Crippen LogP contribution in [-0.2, 0) is 0 Å². The average Bonchev–Trinajstić information content (AvgIpc) is 2.92. The molecule has 1 aromatic carbocycles. The van der Waals surface area contributed by atoms with E-state index in [1.54, 1.807) is 36.4 Å². The van der Waals surface area contributed by atoms with Crippen LogP contribution in [0, 0.1) is 5.92 Å². The summed E-state index contributed by atoms with van der Waals surface area (Å²) in [5.74, 6) is 2.08. The van der Waals surface area contributed by atoms with Crippen molar-refractivity contribution in [1.82, 2.24) is 10.2 Å². The summed E-state index contributed by atoms with van der Waals surface area (Å²) >= 11 is 0. The highest BCUT2D eigenvalue weighted by Gasteiger charge is 2.29. The van der Waals surface area contributed by atoms with Crippen LogP contribution in [0.2, 0.25) is 0 Å². The molecule has 1 atom stereocenters. The first-order valence-corrected chi connectivity index (χ1v) is 9.14. The number of hydrogen-bond acceptors (Lipinski definition) is 5. The molecule has 3 saturated heterocycles. The maximum absolute atomic E-state index is 12.6. The van der Waals surface area contributed by atoms with E-state index in [1.165, 1.54) is 33.0 Å². The van der Waals surface area contributed by atoms with Crippen molar-refractivity contribution in [2.75, 3.05) is 26.7 Å². The first kappa shape index (κ1) is 17.0. The van der Waals surface area contributed by atoms with E-state index in [0.29, 0.717) is 23.2 Å². The van der Waals surface area contributed by atoms with Crippen molar-refractivity contribution in [2.24, 2.45) is 5.92 Å². The molecule has 5 rings (SSSR count). The van der Waals surface area contributed by atoms with E-state index in [4.69, 9.17) is 13.9 Å². The van der Waals surface area contributed by atoms with Gasteiger partial charge in [0.25, 0.3) is 17.8 Å². The van der Waals surface area contributed by atoms with Gasteiger partial charge in [0.1, 0.15) is 5.75 Å². The van der Waals surface area contributed by atoms with Gasteiger partial charge in [-0.05, 0) is 62.5 Å². The normalized spacial score (nSPS) is 24.7. The highest BCUT2D eigenvalue weighted by Crippen LogP contribution is 2.28. The number of amides is 1. The van der Waals surface area contributed by atoms with Crippen molar-refractivity contribution in [2.45, 2.75) is 25.3 Å². The Morgan fingerprint density at radius 3 is 2.54 bits per heavy atom. The number of nitrogens with one attached hydrogen (secondary N) is 1. The first-order chi connectivity index (χ1) is 12.7. The van der Waals surface area contributed by atoms with Gasteiger partial charge in [-0.1, -0.05) is 0 Å². The van der Waals surface area contributed by atoms with Crippen molar-refractivity contribution in [3.63, 3.8) is 0 Å². The number of benzene rings is 1. The molecular weight excluding hydrogens is 332 g/mol. The number of fused-ring (bicyclic) bond motifs is 4. The fraction of sp³-hybridized carbons (Fsp3) is 0.450. The minimum absolute atomic E-state index is 0.0243. The summed E-state index contributed by atoms with van der Waals surface area (Å²) in [5.41, 5.74) is 0.640. The second-order valence-electron chi connectivity index (χ2n) is 7.05. The van der Waals surface area contributed by atoms with Crippen LogP contribution in [0.5, 0.6) is 17.6 Å². The van der Waals surface area contributed by atoms with Gasteiger partial charge in [0.05, 0.1) is 7.11 Å². The van der Waals surface area contributed by atoms with Gasteiger partial charge < -0.3 is 24.1 Å². The van der Waals surface area contributed by atoms with E-state index in [0.717, 1.165) is 18.9 Å². The van der Waals surface area contributed by atoms with Gasteiger partial charge in [-0.15, -0.1) is 0 Å². The first-order valence-electron chi connectivity index (χ1n) is 9.14. The van der Waals surface area contributed by atoms with Crippen LogP contribution in [0.1, 0.15) is 29.6 Å². The topological polar surface area (TPSA) is 63.9 Å². The zero-order valence-electron chi connectivity index (χ0n) is 14.9. The van der Waals surface area contributed by atoms with Crippen LogP contribution < -0.4 is 14.8 Å². The fourth-order valence-electron chi connectivity index (χ4n) is 3.82. The summed E-state index contributed by atoms with van der Waals surface area (Å²) in [6, 6.07) is 10.7. The molecule has 138 valence electrons. The summed E-state index contributed by atoms with van der Waals surface area (Å²) in [6.45, 7) is 3.30. The third-order valence-corrected chi connectivity index (χ3v) is 5.23. The maximum Gasteiger partial charge on any atom is 0.292 e. The number of hydrogen-bond donors (Lipinski definition) is 1. The van der Waals surface area contributed by atoms with E-state index < -0.39 is 0 Å². The Bertz CT molecular complexity index is 733. The number of ether oxygens (including phenoxy) is 2. The van der Waals surface area contributed by atoms with Gasteiger partial charge >= 0.3 is 0 Å². The third kappa shape index (κ3) is 3.85. The second-order valence-corrected chi connectivity index (χ2v) is 7.05. The molecule has 2 aromatic rings. The minimum atomic E-state index is -0.0243. The number of carbonyl (C=O) groups is 1. The number of piperidine rings is 1. The number of methoxy groups -OCH3 is 1. The van der Waals surface area contributed by atoms with Gasteiger partial charge in [0.2, 0.25) is 0 Å². The summed E-state index contributed by atoms with van der Waals surface area (Å²) in [6.07, 6.45) is 3.61. The summed E-state index contributed by atoms with van der Waals surface area (Å²) in [5, 5.41) is 3.20. The number of nitrogens with zero attached hydrogens (tertiary/aromatic N) is 1. The smallest absolute Gasteiger partial charge is 0.292 e. The number of furan rings is 1. The third-order valence-electron chi connectivity index (χ3n) is 5.23. The quantitative estimate of drug-likeness (QED) is 0.891. The summed E-state index contributed by atoms with van der Waals surface area (Å²) < 4.78 is 15.9. The molecule has 6 heteroatoms. The number of carbonyl (C=O) groups excluding carboxylic acids is 1. The Kier molecular flexibility index (Phi) is 4.84. The molecule has 0 radical (unpaired) electrons. The molecule has 3 aliphatic heterocycles. The Morgan fingerprint density at radius 1 is 1.12 bits per heavy atom. The van der Waals surface area contributed by atoms with Crippen LogP contribution in [0.3, 0.4) is 0 Å². The molecule has 1 aromatic heterocycles. The molecule has 6 nitrogen and oxygen atoms in total. The van der Waals surface area contributed by atoms with Crippen molar-refractivity contribution in [3.05, 3.63) is 42.0 Å². The van der Waals surface area contributed by atoms with Crippen LogP contribution in [0.25, 0.3) is 0 Å². The van der Waals surface area contributed by atoms with Crippen molar-refractivity contribution in [1.29, 1.82) is 0 Å². The Hall–Kier alpha value is -2.47. The fourth-order valence-corrected chi connectivity index (χ4v) is 3.82. The lowest BCUT2D eigenvalue weighted by molar-refractivity contribution is 0.0929. The SMILES string of the molecule is COc1ccc(Oc2ccc(C(=O)NC3CC4CCN(CC4)C3)cc2)o1. The van der Waals surface area contributed by atoms with E-state index in [1.807, 2.05) is 0 Å². The van der Waals surface area contributed by atoms with E-state index in [9.17, 15) is 4.79 Å². The monoisotopic (exact) mass is 356 g/mol. The lowest BCUT2D eigenvalue weighted by atomic mass is 9.94. The highest BCUT2D eigenvalue weighted by atomic mass is 16.6. The summed E-state index contributed by atoms with van der Waals surface area (Å²) in [4.78, 5) is 15.0. The standard InChI is InChI=1S/C20H24N2O4/c1-24-18-6-7-19(26-18)25-17-4-2-15(3-5-17)20(23)21-16-12-14-8-10-22(13-16)11-9-14/h2-7,14,16H,8-13H2,1H3,(H,21,23). The van der Waals surface area contributed by atoms with Crippen LogP contribution in [-0.4, -0.2) is 43.6 Å².